The molecule has 2 aromatic rings. The molecule has 0 unspecified atom stereocenters. The Hall–Kier alpha value is -1.39. The van der Waals surface area contributed by atoms with Crippen molar-refractivity contribution in [1.82, 2.24) is 19.8 Å². The van der Waals surface area contributed by atoms with Crippen LogP contribution in [0.1, 0.15) is 12.2 Å². The maximum absolute atomic E-state index is 4.65. The summed E-state index contributed by atoms with van der Waals surface area (Å²) < 4.78 is 0. The van der Waals surface area contributed by atoms with Crippen LogP contribution >= 0.6 is 0 Å². The fourth-order valence-electron chi connectivity index (χ4n) is 2.55. The van der Waals surface area contributed by atoms with Gasteiger partial charge in [-0.05, 0) is 38.7 Å². The molecule has 18 heavy (non-hydrogen) atoms. The molecule has 4 heteroatoms. The minimum atomic E-state index is 0.933. The second-order valence-corrected chi connectivity index (χ2v) is 5.13. The summed E-state index contributed by atoms with van der Waals surface area (Å²) in [5, 5.41) is 0. The molecule has 2 heterocycles. The summed E-state index contributed by atoms with van der Waals surface area (Å²) in [6.07, 6.45) is 1.25. The number of rotatable bonds is 2. The standard InChI is InChI=1S/C14H20N4/c1-17-7-4-8-18(10-9-17)11-14-15-12-5-2-3-6-13(12)16-14/h2-3,5-6H,4,7-11H2,1H3,(H,15,16). The van der Waals surface area contributed by atoms with Gasteiger partial charge in [-0.25, -0.2) is 4.98 Å². The third-order valence-electron chi connectivity index (χ3n) is 3.62. The molecule has 96 valence electrons. The van der Waals surface area contributed by atoms with E-state index in [1.165, 1.54) is 19.5 Å². The number of likely N-dealkylation sites (N-methyl/N-ethyl adjacent to an activating group) is 1. The van der Waals surface area contributed by atoms with E-state index in [0.717, 1.165) is 36.5 Å². The molecule has 0 aliphatic carbocycles. The summed E-state index contributed by atoms with van der Waals surface area (Å²) in [4.78, 5) is 12.9. The van der Waals surface area contributed by atoms with Crippen LogP contribution in [0.5, 0.6) is 0 Å². The number of aromatic amines is 1. The number of H-pyrrole nitrogens is 1. The fourth-order valence-corrected chi connectivity index (χ4v) is 2.55. The fraction of sp³-hybridized carbons (Fsp3) is 0.500. The van der Waals surface area contributed by atoms with Gasteiger partial charge in [-0.15, -0.1) is 0 Å². The zero-order valence-electron chi connectivity index (χ0n) is 10.9. The highest BCUT2D eigenvalue weighted by Crippen LogP contribution is 2.12. The van der Waals surface area contributed by atoms with Crippen molar-refractivity contribution < 1.29 is 0 Å². The molecule has 0 spiro atoms. The first-order valence-electron chi connectivity index (χ1n) is 6.66. The van der Waals surface area contributed by atoms with Crippen LogP contribution in [0.25, 0.3) is 11.0 Å². The lowest BCUT2D eigenvalue weighted by Crippen LogP contribution is -2.28. The van der Waals surface area contributed by atoms with E-state index >= 15 is 0 Å². The molecule has 3 rings (SSSR count). The third-order valence-corrected chi connectivity index (χ3v) is 3.62. The van der Waals surface area contributed by atoms with Crippen molar-refractivity contribution in [1.29, 1.82) is 0 Å². The van der Waals surface area contributed by atoms with Gasteiger partial charge >= 0.3 is 0 Å². The Morgan fingerprint density at radius 3 is 2.94 bits per heavy atom. The number of nitrogens with zero attached hydrogens (tertiary/aromatic N) is 3. The van der Waals surface area contributed by atoms with Gasteiger partial charge in [-0.2, -0.15) is 0 Å². The molecule has 1 aliphatic heterocycles. The first-order chi connectivity index (χ1) is 8.81. The Labute approximate surface area is 108 Å². The number of benzene rings is 1. The topological polar surface area (TPSA) is 35.2 Å². The molecular formula is C14H20N4. The van der Waals surface area contributed by atoms with Gasteiger partial charge < -0.3 is 9.88 Å². The highest BCUT2D eigenvalue weighted by Gasteiger charge is 2.13. The number of hydrogen-bond acceptors (Lipinski definition) is 3. The number of hydrogen-bond donors (Lipinski definition) is 1. The molecule has 1 aromatic heterocycles. The van der Waals surface area contributed by atoms with E-state index in [1.54, 1.807) is 0 Å². The second kappa shape index (κ2) is 5.08. The van der Waals surface area contributed by atoms with Crippen molar-refractivity contribution in [3.05, 3.63) is 30.1 Å². The monoisotopic (exact) mass is 244 g/mol. The molecule has 0 bridgehead atoms. The Kier molecular flexibility index (Phi) is 3.30. The minimum absolute atomic E-state index is 0.933. The molecule has 1 N–H and O–H groups in total. The van der Waals surface area contributed by atoms with Crippen LogP contribution in [0.4, 0.5) is 0 Å². The van der Waals surface area contributed by atoms with Crippen LogP contribution in [-0.4, -0.2) is 53.0 Å². The average Bonchev–Trinajstić information content (AvgIpc) is 2.66. The first kappa shape index (κ1) is 11.7. The highest BCUT2D eigenvalue weighted by molar-refractivity contribution is 5.74. The van der Waals surface area contributed by atoms with E-state index in [9.17, 15) is 0 Å². The molecule has 0 radical (unpaired) electrons. The van der Waals surface area contributed by atoms with Gasteiger partial charge in [0.05, 0.1) is 17.6 Å². The number of nitrogens with one attached hydrogen (secondary N) is 1. The van der Waals surface area contributed by atoms with E-state index in [0.29, 0.717) is 0 Å². The lowest BCUT2D eigenvalue weighted by Gasteiger charge is -2.18. The van der Waals surface area contributed by atoms with Crippen molar-refractivity contribution in [2.24, 2.45) is 0 Å². The first-order valence-corrected chi connectivity index (χ1v) is 6.66. The van der Waals surface area contributed by atoms with Gasteiger partial charge in [0.25, 0.3) is 0 Å². The summed E-state index contributed by atoms with van der Waals surface area (Å²) in [6, 6.07) is 8.23. The molecule has 1 saturated heterocycles. The largest absolute Gasteiger partial charge is 0.341 e. The molecular weight excluding hydrogens is 224 g/mol. The maximum atomic E-state index is 4.65. The summed E-state index contributed by atoms with van der Waals surface area (Å²) in [5.41, 5.74) is 2.21. The van der Waals surface area contributed by atoms with Crippen LogP contribution in [0.3, 0.4) is 0 Å². The van der Waals surface area contributed by atoms with Crippen molar-refractivity contribution in [3.63, 3.8) is 0 Å². The molecule has 1 aromatic carbocycles. The van der Waals surface area contributed by atoms with Gasteiger partial charge in [0, 0.05) is 13.1 Å². The van der Waals surface area contributed by atoms with Crippen LogP contribution in [0, 0.1) is 0 Å². The zero-order valence-corrected chi connectivity index (χ0v) is 10.9. The van der Waals surface area contributed by atoms with E-state index in [2.05, 4.69) is 38.9 Å². The molecule has 1 fully saturated rings. The summed E-state index contributed by atoms with van der Waals surface area (Å²) in [7, 11) is 2.20. The van der Waals surface area contributed by atoms with Crippen LogP contribution < -0.4 is 0 Å². The summed E-state index contributed by atoms with van der Waals surface area (Å²) in [6.45, 7) is 5.59. The number of imidazole rings is 1. The Morgan fingerprint density at radius 1 is 1.17 bits per heavy atom. The van der Waals surface area contributed by atoms with Crippen LogP contribution in [0.2, 0.25) is 0 Å². The Bertz CT molecular complexity index is 486. The molecule has 4 nitrogen and oxygen atoms in total. The van der Waals surface area contributed by atoms with E-state index in [-0.39, 0.29) is 0 Å². The quantitative estimate of drug-likeness (QED) is 0.873. The normalized spacial score (nSPS) is 19.2. The lowest BCUT2D eigenvalue weighted by molar-refractivity contribution is 0.264. The third kappa shape index (κ3) is 2.54. The predicted octanol–water partition coefficient (Wildman–Crippen LogP) is 1.70. The van der Waals surface area contributed by atoms with Gasteiger partial charge in [0.15, 0.2) is 0 Å². The van der Waals surface area contributed by atoms with Crippen molar-refractivity contribution in [2.75, 3.05) is 33.2 Å². The number of fused-ring (bicyclic) bond motifs is 1. The average molecular weight is 244 g/mol. The second-order valence-electron chi connectivity index (χ2n) is 5.13. The minimum Gasteiger partial charge on any atom is -0.341 e. The SMILES string of the molecule is CN1CCCN(Cc2nc3ccccc3[nH]2)CC1. The van der Waals surface area contributed by atoms with Crippen molar-refractivity contribution >= 4 is 11.0 Å². The van der Waals surface area contributed by atoms with Gasteiger partial charge in [0.1, 0.15) is 5.82 Å². The smallest absolute Gasteiger partial charge is 0.121 e. The number of aromatic nitrogens is 2. The van der Waals surface area contributed by atoms with Gasteiger partial charge in [0.2, 0.25) is 0 Å². The molecule has 0 atom stereocenters. The van der Waals surface area contributed by atoms with Crippen LogP contribution in [0.15, 0.2) is 24.3 Å². The Balaban J connectivity index is 1.71. The molecule has 0 saturated carbocycles. The van der Waals surface area contributed by atoms with E-state index < -0.39 is 0 Å². The van der Waals surface area contributed by atoms with Crippen LogP contribution in [-0.2, 0) is 6.54 Å². The highest BCUT2D eigenvalue weighted by atomic mass is 15.2. The predicted molar refractivity (Wildman–Crippen MR) is 73.5 cm³/mol. The lowest BCUT2D eigenvalue weighted by atomic mass is 10.3. The summed E-state index contributed by atoms with van der Waals surface area (Å²) in [5.74, 6) is 1.08. The van der Waals surface area contributed by atoms with Gasteiger partial charge in [-0.3, -0.25) is 4.90 Å². The number of para-hydroxylation sites is 2. The Morgan fingerprint density at radius 2 is 2.06 bits per heavy atom. The molecule has 0 amide bonds. The van der Waals surface area contributed by atoms with E-state index in [1.807, 2.05) is 12.1 Å². The van der Waals surface area contributed by atoms with Crippen molar-refractivity contribution in [2.45, 2.75) is 13.0 Å². The van der Waals surface area contributed by atoms with Crippen molar-refractivity contribution in [3.8, 4) is 0 Å². The molecule has 1 aliphatic rings. The zero-order chi connectivity index (χ0) is 12.4. The van der Waals surface area contributed by atoms with Gasteiger partial charge in [-0.1, -0.05) is 12.1 Å². The maximum Gasteiger partial charge on any atom is 0.121 e. The summed E-state index contributed by atoms with van der Waals surface area (Å²) >= 11 is 0. The van der Waals surface area contributed by atoms with E-state index in [4.69, 9.17) is 0 Å².